The Morgan fingerprint density at radius 3 is 2.63 bits per heavy atom. The highest BCUT2D eigenvalue weighted by Crippen LogP contribution is 2.25. The van der Waals surface area contributed by atoms with Crippen LogP contribution in [0, 0.1) is 0 Å². The average molecular weight is 424 g/mol. The molecular weight excluding hydrogens is 384 g/mol. The summed E-state index contributed by atoms with van der Waals surface area (Å²) in [5.41, 5.74) is 10.6. The minimum atomic E-state index is -0.636. The van der Waals surface area contributed by atoms with E-state index in [9.17, 15) is 14.4 Å². The Labute approximate surface area is 181 Å². The molecule has 9 nitrogen and oxygen atoms in total. The highest BCUT2D eigenvalue weighted by Gasteiger charge is 2.38. The first-order valence-corrected chi connectivity index (χ1v) is 11.1. The Bertz CT molecular complexity index is 637. The Hall–Kier alpha value is -2.16. The number of aliphatic imine (C=N–C) groups is 1. The van der Waals surface area contributed by atoms with Crippen molar-refractivity contribution in [2.45, 2.75) is 88.9 Å². The molecule has 1 aliphatic carbocycles. The molecule has 1 heterocycles. The van der Waals surface area contributed by atoms with Gasteiger partial charge in [-0.3, -0.25) is 19.5 Å². The van der Waals surface area contributed by atoms with E-state index in [1.807, 2.05) is 11.8 Å². The molecule has 0 aromatic heterocycles. The third kappa shape index (κ3) is 6.68. The van der Waals surface area contributed by atoms with Gasteiger partial charge in [0.15, 0.2) is 5.96 Å². The Balaban J connectivity index is 1.94. The van der Waals surface area contributed by atoms with Gasteiger partial charge in [0, 0.05) is 20.5 Å². The molecule has 2 amide bonds. The number of nitrogens with zero attached hydrogens (tertiary/aromatic N) is 3. The maximum atomic E-state index is 13.2. The molecule has 1 saturated heterocycles. The van der Waals surface area contributed by atoms with Gasteiger partial charge in [-0.1, -0.05) is 19.3 Å². The number of guanidine groups is 1. The molecule has 3 atom stereocenters. The van der Waals surface area contributed by atoms with Crippen molar-refractivity contribution < 1.29 is 15.8 Å². The van der Waals surface area contributed by atoms with Gasteiger partial charge in [0.25, 0.3) is 0 Å². The summed E-state index contributed by atoms with van der Waals surface area (Å²) >= 11 is 0. The first-order chi connectivity index (χ1) is 14.9. The third-order valence-electron chi connectivity index (χ3n) is 6.20. The number of hydrogen-bond acceptors (Lipinski definition) is 5. The molecule has 2 rings (SSSR count). The standard InChI is InChI=1S/C21H38N6O3/c1-15(26(2)17-9-4-3-5-10-17)20(30)27-13-7-11-18(27)19(29)25-16(14-28)8-6-12-24-21(22)23/h14-18H,3-13H2,1-2H3,(H,25,29)(H4,22,23,24)/t15-,16-,18-/m0/s1/i2D. The Morgan fingerprint density at radius 1 is 1.27 bits per heavy atom. The van der Waals surface area contributed by atoms with E-state index in [0.717, 1.165) is 32.1 Å². The van der Waals surface area contributed by atoms with E-state index in [2.05, 4.69) is 10.3 Å². The quantitative estimate of drug-likeness (QED) is 0.201. The van der Waals surface area contributed by atoms with Crippen LogP contribution >= 0.6 is 0 Å². The van der Waals surface area contributed by atoms with E-state index in [4.69, 9.17) is 12.8 Å². The van der Waals surface area contributed by atoms with Gasteiger partial charge < -0.3 is 26.5 Å². The molecule has 0 aromatic carbocycles. The van der Waals surface area contributed by atoms with Crippen molar-refractivity contribution in [3.63, 3.8) is 0 Å². The van der Waals surface area contributed by atoms with Crippen molar-refractivity contribution in [2.75, 3.05) is 20.1 Å². The van der Waals surface area contributed by atoms with Crippen LogP contribution in [0.5, 0.6) is 0 Å². The zero-order valence-electron chi connectivity index (χ0n) is 19.1. The van der Waals surface area contributed by atoms with Crippen LogP contribution in [-0.4, -0.2) is 78.1 Å². The second-order valence-electron chi connectivity index (χ2n) is 8.37. The van der Waals surface area contributed by atoms with Crippen LogP contribution < -0.4 is 16.8 Å². The molecule has 2 aliphatic rings. The smallest absolute Gasteiger partial charge is 0.243 e. The zero-order chi connectivity index (χ0) is 22.8. The predicted molar refractivity (Wildman–Crippen MR) is 117 cm³/mol. The monoisotopic (exact) mass is 423 g/mol. The van der Waals surface area contributed by atoms with Gasteiger partial charge in [0.1, 0.15) is 12.3 Å². The van der Waals surface area contributed by atoms with Crippen molar-refractivity contribution in [3.05, 3.63) is 0 Å². The second kappa shape index (κ2) is 11.9. The minimum absolute atomic E-state index is 0.00383. The third-order valence-corrected chi connectivity index (χ3v) is 6.20. The summed E-state index contributed by atoms with van der Waals surface area (Å²) in [6, 6.07) is -1.39. The fraction of sp³-hybridized carbons (Fsp3) is 0.810. The van der Waals surface area contributed by atoms with Gasteiger partial charge in [-0.25, -0.2) is 0 Å². The number of aldehydes is 1. The molecule has 0 spiro atoms. The largest absolute Gasteiger partial charge is 0.370 e. The lowest BCUT2D eigenvalue weighted by molar-refractivity contribution is -0.143. The van der Waals surface area contributed by atoms with Gasteiger partial charge in [-0.05, 0) is 52.5 Å². The van der Waals surface area contributed by atoms with Crippen LogP contribution in [0.4, 0.5) is 0 Å². The topological polar surface area (TPSA) is 134 Å². The number of nitrogens with one attached hydrogen (secondary N) is 1. The molecule has 2 fully saturated rings. The fourth-order valence-corrected chi connectivity index (χ4v) is 4.39. The van der Waals surface area contributed by atoms with Gasteiger partial charge in [0.2, 0.25) is 11.8 Å². The highest BCUT2D eigenvalue weighted by atomic mass is 16.2. The predicted octanol–water partition coefficient (Wildman–Crippen LogP) is 0.368. The molecule has 1 aliphatic heterocycles. The number of rotatable bonds is 10. The zero-order valence-corrected chi connectivity index (χ0v) is 18.1. The van der Waals surface area contributed by atoms with Gasteiger partial charge >= 0.3 is 0 Å². The van der Waals surface area contributed by atoms with Crippen molar-refractivity contribution in [3.8, 4) is 0 Å². The number of hydrogen-bond donors (Lipinski definition) is 3. The van der Waals surface area contributed by atoms with E-state index >= 15 is 0 Å². The van der Waals surface area contributed by atoms with Gasteiger partial charge in [0.05, 0.1) is 12.1 Å². The van der Waals surface area contributed by atoms with Crippen LogP contribution in [0.2, 0.25) is 0 Å². The summed E-state index contributed by atoms with van der Waals surface area (Å²) < 4.78 is 7.96. The number of amides is 2. The van der Waals surface area contributed by atoms with E-state index in [1.165, 1.54) is 6.42 Å². The summed E-state index contributed by atoms with van der Waals surface area (Å²) in [5, 5.41) is 2.76. The fourth-order valence-electron chi connectivity index (χ4n) is 4.39. The number of carbonyl (C=O) groups is 3. The highest BCUT2D eigenvalue weighted by molar-refractivity contribution is 5.91. The summed E-state index contributed by atoms with van der Waals surface area (Å²) in [5.74, 6) is -0.408. The summed E-state index contributed by atoms with van der Waals surface area (Å²) in [6.45, 7) is 2.75. The molecule has 0 radical (unpaired) electrons. The maximum Gasteiger partial charge on any atom is 0.243 e. The van der Waals surface area contributed by atoms with Crippen molar-refractivity contribution in [2.24, 2.45) is 16.5 Å². The van der Waals surface area contributed by atoms with Crippen molar-refractivity contribution in [1.82, 2.24) is 15.1 Å². The minimum Gasteiger partial charge on any atom is -0.370 e. The average Bonchev–Trinajstić information content (AvgIpc) is 3.26. The van der Waals surface area contributed by atoms with E-state index in [1.54, 1.807) is 4.90 Å². The van der Waals surface area contributed by atoms with Crippen LogP contribution in [-0.2, 0) is 14.4 Å². The first kappa shape index (κ1) is 22.5. The van der Waals surface area contributed by atoms with Gasteiger partial charge in [-0.15, -0.1) is 0 Å². The lowest BCUT2D eigenvalue weighted by Gasteiger charge is -2.37. The molecule has 30 heavy (non-hydrogen) atoms. The van der Waals surface area contributed by atoms with E-state index < -0.39 is 18.1 Å². The number of likely N-dealkylation sites (tertiary alicyclic amines) is 1. The lowest BCUT2D eigenvalue weighted by Crippen LogP contribution is -2.54. The van der Waals surface area contributed by atoms with Crippen LogP contribution in [0.15, 0.2) is 4.99 Å². The molecule has 170 valence electrons. The molecule has 9 heteroatoms. The molecule has 0 aromatic rings. The summed E-state index contributed by atoms with van der Waals surface area (Å²) in [7, 11) is 0.0747. The van der Waals surface area contributed by atoms with Crippen molar-refractivity contribution >= 4 is 24.1 Å². The number of nitrogens with two attached hydrogens (primary N) is 2. The number of likely N-dealkylation sites (N-methyl/N-ethyl adjacent to an activating group) is 1. The summed E-state index contributed by atoms with van der Waals surface area (Å²) in [6.07, 6.45) is 8.53. The number of carbonyl (C=O) groups excluding carboxylic acids is 3. The first-order valence-electron chi connectivity index (χ1n) is 11.8. The maximum absolute atomic E-state index is 13.2. The lowest BCUT2D eigenvalue weighted by atomic mass is 9.93. The molecule has 0 bridgehead atoms. The van der Waals surface area contributed by atoms with Gasteiger partial charge in [-0.2, -0.15) is 0 Å². The molecule has 1 saturated carbocycles. The van der Waals surface area contributed by atoms with Crippen molar-refractivity contribution in [1.29, 1.82) is 0 Å². The van der Waals surface area contributed by atoms with E-state index in [0.29, 0.717) is 38.6 Å². The second-order valence-corrected chi connectivity index (χ2v) is 8.37. The van der Waals surface area contributed by atoms with Crippen LogP contribution in [0.1, 0.15) is 66.1 Å². The van der Waals surface area contributed by atoms with E-state index in [-0.39, 0.29) is 30.8 Å². The van der Waals surface area contributed by atoms with Crippen LogP contribution in [0.25, 0.3) is 0 Å². The van der Waals surface area contributed by atoms with Crippen LogP contribution in [0.3, 0.4) is 0 Å². The molecular formula is C21H38N6O3. The normalized spacial score (nSPS) is 22.3. The SMILES string of the molecule is [2H]CN(C1CCCCC1)[C@@H](C)C(=O)N1CCC[C@H]1C(=O)N[C@H](C=O)CCCN=C(N)N. The molecule has 0 unspecified atom stereocenters. The molecule has 5 N–H and O–H groups in total. The summed E-state index contributed by atoms with van der Waals surface area (Å²) in [4.78, 5) is 45.0. The Morgan fingerprint density at radius 2 is 2.00 bits per heavy atom. The Kier molecular flexibility index (Phi) is 8.92.